The topological polar surface area (TPSA) is 102 Å². The van der Waals surface area contributed by atoms with Crippen molar-refractivity contribution < 1.29 is 21.6 Å². The predicted octanol–water partition coefficient (Wildman–Crippen LogP) is 2.36. The third-order valence-electron chi connectivity index (χ3n) is 4.08. The van der Waals surface area contributed by atoms with Crippen molar-refractivity contribution >= 4 is 15.7 Å². The summed E-state index contributed by atoms with van der Waals surface area (Å²) in [7, 11) is -3.46. The number of halogens is 2. The van der Waals surface area contributed by atoms with E-state index in [4.69, 9.17) is 4.42 Å². The summed E-state index contributed by atoms with van der Waals surface area (Å²) in [5.41, 5.74) is 2.09. The Morgan fingerprint density at radius 3 is 2.67 bits per heavy atom. The number of fused-ring (bicyclic) bond motifs is 1. The number of anilines is 1. The fourth-order valence-electron chi connectivity index (χ4n) is 2.77. The highest BCUT2D eigenvalue weighted by Gasteiger charge is 2.29. The van der Waals surface area contributed by atoms with Gasteiger partial charge < -0.3 is 4.42 Å². The zero-order valence-corrected chi connectivity index (χ0v) is 14.6. The first-order valence-corrected chi connectivity index (χ1v) is 9.56. The van der Waals surface area contributed by atoms with Crippen molar-refractivity contribution in [2.75, 3.05) is 10.1 Å². The lowest BCUT2D eigenvalue weighted by molar-refractivity contribution is 0.116. The molecular weight excluding hydrogens is 380 g/mol. The van der Waals surface area contributed by atoms with E-state index in [1.807, 2.05) is 12.1 Å². The van der Waals surface area contributed by atoms with Crippen LogP contribution in [0.25, 0.3) is 11.6 Å². The van der Waals surface area contributed by atoms with Gasteiger partial charge in [0.1, 0.15) is 5.69 Å². The van der Waals surface area contributed by atoms with Gasteiger partial charge in [0.05, 0.1) is 36.1 Å². The first-order valence-electron chi connectivity index (χ1n) is 7.95. The van der Waals surface area contributed by atoms with Crippen molar-refractivity contribution in [1.82, 2.24) is 20.2 Å². The number of sulfonamides is 1. The summed E-state index contributed by atoms with van der Waals surface area (Å²) >= 11 is 0. The molecule has 0 atom stereocenters. The molecule has 0 bridgehead atoms. The smallest absolute Gasteiger partial charge is 0.314 e. The normalized spacial score (nSPS) is 15.7. The highest BCUT2D eigenvalue weighted by Crippen LogP contribution is 2.30. The van der Waals surface area contributed by atoms with E-state index in [0.717, 1.165) is 5.56 Å². The van der Waals surface area contributed by atoms with Crippen LogP contribution >= 0.6 is 0 Å². The quantitative estimate of drug-likeness (QED) is 0.670. The number of para-hydroxylation sites is 1. The van der Waals surface area contributed by atoms with Gasteiger partial charge in [0.25, 0.3) is 11.8 Å². The molecule has 0 radical (unpaired) electrons. The van der Waals surface area contributed by atoms with Crippen LogP contribution in [0.3, 0.4) is 0 Å². The van der Waals surface area contributed by atoms with Gasteiger partial charge >= 0.3 is 6.43 Å². The molecule has 0 fully saturated rings. The number of hydrogen-bond donors (Lipinski definition) is 0. The van der Waals surface area contributed by atoms with E-state index in [2.05, 4.69) is 20.2 Å². The zero-order valence-electron chi connectivity index (χ0n) is 13.8. The van der Waals surface area contributed by atoms with Crippen LogP contribution in [0.15, 0.2) is 41.1 Å². The maximum Gasteiger partial charge on any atom is 0.314 e. The van der Waals surface area contributed by atoms with Crippen molar-refractivity contribution in [3.8, 4) is 11.6 Å². The molecule has 4 rings (SSSR count). The van der Waals surface area contributed by atoms with Crippen LogP contribution in [0.5, 0.6) is 0 Å². The van der Waals surface area contributed by atoms with E-state index in [1.54, 1.807) is 12.1 Å². The molecule has 1 aromatic carbocycles. The Morgan fingerprint density at radius 1 is 1.15 bits per heavy atom. The molecule has 1 aliphatic rings. The van der Waals surface area contributed by atoms with Crippen molar-refractivity contribution in [3.63, 3.8) is 0 Å². The molecule has 140 valence electrons. The molecule has 0 saturated carbocycles. The molecule has 0 N–H and O–H groups in total. The fraction of sp³-hybridized carbons (Fsp3) is 0.250. The van der Waals surface area contributed by atoms with Crippen LogP contribution in [-0.4, -0.2) is 34.3 Å². The average molecular weight is 393 g/mol. The molecule has 0 amide bonds. The molecule has 8 nitrogen and oxygen atoms in total. The number of benzene rings is 1. The third-order valence-corrected chi connectivity index (χ3v) is 5.80. The number of aromatic nitrogens is 4. The van der Waals surface area contributed by atoms with Gasteiger partial charge in [-0.3, -0.25) is 9.29 Å². The van der Waals surface area contributed by atoms with E-state index in [9.17, 15) is 17.2 Å². The van der Waals surface area contributed by atoms with Crippen LogP contribution in [0.1, 0.15) is 23.6 Å². The largest absolute Gasteiger partial charge is 0.414 e. The highest BCUT2D eigenvalue weighted by molar-refractivity contribution is 7.92. The van der Waals surface area contributed by atoms with Gasteiger partial charge in [-0.1, -0.05) is 18.2 Å². The summed E-state index contributed by atoms with van der Waals surface area (Å²) < 4.78 is 56.1. The van der Waals surface area contributed by atoms with Gasteiger partial charge in [0.2, 0.25) is 10.0 Å². The van der Waals surface area contributed by atoms with Gasteiger partial charge in [0, 0.05) is 0 Å². The van der Waals surface area contributed by atoms with E-state index in [0.29, 0.717) is 17.8 Å². The van der Waals surface area contributed by atoms with Crippen LogP contribution in [0.4, 0.5) is 14.5 Å². The minimum Gasteiger partial charge on any atom is -0.414 e. The Balaban J connectivity index is 1.59. The molecule has 3 aromatic rings. The minimum atomic E-state index is -3.46. The highest BCUT2D eigenvalue weighted by atomic mass is 32.2. The first kappa shape index (κ1) is 17.5. The fourth-order valence-corrected chi connectivity index (χ4v) is 4.27. The van der Waals surface area contributed by atoms with E-state index in [-0.39, 0.29) is 23.9 Å². The molecule has 0 unspecified atom stereocenters. The number of aryl methyl sites for hydroxylation is 1. The lowest BCUT2D eigenvalue weighted by Gasteiger charge is -2.30. The zero-order chi connectivity index (χ0) is 19.0. The SMILES string of the molecule is O=S1(=O)CCc2ccccc2N1Cc1cnc(-c2nnc(C(F)F)o2)cn1. The Morgan fingerprint density at radius 2 is 1.96 bits per heavy atom. The lowest BCUT2D eigenvalue weighted by atomic mass is 10.1. The molecule has 27 heavy (non-hydrogen) atoms. The van der Waals surface area contributed by atoms with E-state index >= 15 is 0 Å². The number of alkyl halides is 2. The third kappa shape index (κ3) is 3.37. The van der Waals surface area contributed by atoms with Crippen molar-refractivity contribution in [1.29, 1.82) is 0 Å². The standard InChI is InChI=1S/C16H13F2N5O3S/c17-14(18)16-22-21-15(26-16)12-8-19-11(7-20-12)9-23-13-4-2-1-3-10(13)5-6-27(23,24)25/h1-4,7-8,14H,5-6,9H2. The summed E-state index contributed by atoms with van der Waals surface area (Å²) in [5.74, 6) is -0.958. The van der Waals surface area contributed by atoms with E-state index < -0.39 is 22.3 Å². The predicted molar refractivity (Wildman–Crippen MR) is 90.4 cm³/mol. The molecule has 2 aromatic heterocycles. The van der Waals surface area contributed by atoms with Crippen molar-refractivity contribution in [2.24, 2.45) is 0 Å². The molecule has 0 spiro atoms. The van der Waals surface area contributed by atoms with Crippen LogP contribution in [0.2, 0.25) is 0 Å². The van der Waals surface area contributed by atoms with Crippen LogP contribution < -0.4 is 4.31 Å². The Bertz CT molecular complexity index is 1070. The van der Waals surface area contributed by atoms with E-state index in [1.165, 1.54) is 16.7 Å². The molecule has 1 aliphatic heterocycles. The van der Waals surface area contributed by atoms with Crippen LogP contribution in [0, 0.1) is 0 Å². The lowest BCUT2D eigenvalue weighted by Crippen LogP contribution is -2.37. The summed E-state index contributed by atoms with van der Waals surface area (Å²) in [6.45, 7) is 0.0126. The monoisotopic (exact) mass is 393 g/mol. The first-order chi connectivity index (χ1) is 12.9. The van der Waals surface area contributed by atoms with Gasteiger partial charge in [-0.25, -0.2) is 13.4 Å². The molecular formula is C16H13F2N5O3S. The van der Waals surface area contributed by atoms with Gasteiger partial charge in [-0.2, -0.15) is 8.78 Å². The maximum absolute atomic E-state index is 12.5. The second kappa shape index (κ2) is 6.65. The average Bonchev–Trinajstić information content (AvgIpc) is 3.15. The Kier molecular flexibility index (Phi) is 4.30. The van der Waals surface area contributed by atoms with Crippen molar-refractivity contribution in [2.45, 2.75) is 19.4 Å². The number of hydrogen-bond acceptors (Lipinski definition) is 7. The van der Waals surface area contributed by atoms with Gasteiger partial charge in [0.15, 0.2) is 0 Å². The van der Waals surface area contributed by atoms with Crippen molar-refractivity contribution in [3.05, 3.63) is 53.8 Å². The summed E-state index contributed by atoms with van der Waals surface area (Å²) in [6.07, 6.45) is 0.223. The second-order valence-electron chi connectivity index (χ2n) is 5.84. The second-order valence-corrected chi connectivity index (χ2v) is 7.85. The van der Waals surface area contributed by atoms with Crippen LogP contribution in [-0.2, 0) is 23.0 Å². The van der Waals surface area contributed by atoms with Gasteiger partial charge in [-0.15, -0.1) is 10.2 Å². The number of nitrogens with zero attached hydrogens (tertiary/aromatic N) is 5. The number of rotatable bonds is 4. The molecule has 3 heterocycles. The van der Waals surface area contributed by atoms with Gasteiger partial charge in [-0.05, 0) is 18.1 Å². The molecule has 0 saturated heterocycles. The molecule has 11 heteroatoms. The summed E-state index contributed by atoms with van der Waals surface area (Å²) in [6, 6.07) is 7.28. The summed E-state index contributed by atoms with van der Waals surface area (Å²) in [4.78, 5) is 8.22. The maximum atomic E-state index is 12.5. The minimum absolute atomic E-state index is 0.0126. The summed E-state index contributed by atoms with van der Waals surface area (Å²) in [5, 5.41) is 6.73. The Hall–Kier alpha value is -2.95. The molecule has 0 aliphatic carbocycles. The Labute approximate surface area is 152 Å².